The lowest BCUT2D eigenvalue weighted by atomic mass is 10.0. The maximum absolute atomic E-state index is 11.7. The first-order valence-corrected chi connectivity index (χ1v) is 11.0. The molecule has 2 aliphatic heterocycles. The second-order valence-electron chi connectivity index (χ2n) is 7.15. The number of carboxylic acid groups (broad SMARTS) is 2. The largest absolute Gasteiger partial charge is 0.542 e. The number of nitrogens with two attached hydrogens (primary N) is 1. The molecule has 1 saturated heterocycles. The van der Waals surface area contributed by atoms with Gasteiger partial charge in [-0.15, -0.1) is 11.8 Å². The highest BCUT2D eigenvalue weighted by Crippen LogP contribution is 2.32. The lowest BCUT2D eigenvalue weighted by molar-refractivity contribution is -0.488. The van der Waals surface area contributed by atoms with Gasteiger partial charge >= 0.3 is 18.2 Å². The van der Waals surface area contributed by atoms with E-state index in [1.54, 1.807) is 0 Å². The standard InChI is InChI=1S/C16H27N3O4S.C2HF3O2/c17-16-19-11-10-24-12(15(11)23-16)6-3-4-7-13(20)18-9-5-1-2-8-14(21)22;3-2(4,5)1(6)7/h11-12,15H,1-10H2,(H2,17,19)(H,18,20)(H,21,22);(H,6,7)/t11-,12-,15-;/m0./s1. The molecule has 0 unspecified atom stereocenters. The van der Waals surface area contributed by atoms with Crippen LogP contribution in [0.15, 0.2) is 0 Å². The maximum atomic E-state index is 11.7. The first-order chi connectivity index (χ1) is 14.5. The molecule has 0 bridgehead atoms. The van der Waals surface area contributed by atoms with Crippen LogP contribution in [0.3, 0.4) is 0 Å². The Morgan fingerprint density at radius 3 is 2.45 bits per heavy atom. The molecular weight excluding hydrogens is 443 g/mol. The van der Waals surface area contributed by atoms with Crippen molar-refractivity contribution in [1.29, 1.82) is 0 Å². The van der Waals surface area contributed by atoms with Crippen molar-refractivity contribution in [2.75, 3.05) is 12.3 Å². The number of carbonyl (C=O) groups is 3. The molecule has 2 heterocycles. The minimum Gasteiger partial charge on any atom is -0.542 e. The van der Waals surface area contributed by atoms with Gasteiger partial charge in [0, 0.05) is 30.4 Å². The third kappa shape index (κ3) is 11.1. The molecule has 0 aliphatic carbocycles. The number of amidine groups is 1. The molecule has 0 aromatic rings. The van der Waals surface area contributed by atoms with E-state index in [-0.39, 0.29) is 18.4 Å². The second-order valence-corrected chi connectivity index (χ2v) is 8.43. The summed E-state index contributed by atoms with van der Waals surface area (Å²) in [6, 6.07) is 0.780. The van der Waals surface area contributed by atoms with Crippen LogP contribution in [0.5, 0.6) is 0 Å². The first kappa shape index (κ1) is 26.9. The summed E-state index contributed by atoms with van der Waals surface area (Å²) in [5.74, 6) is -2.66. The lowest BCUT2D eigenvalue weighted by Gasteiger charge is -2.15. The number of thioether (sulfide) groups is 1. The monoisotopic (exact) mass is 471 g/mol. The Morgan fingerprint density at radius 2 is 1.84 bits per heavy atom. The Kier molecular flexibility index (Phi) is 11.5. The predicted octanol–water partition coefficient (Wildman–Crippen LogP) is -1.12. The predicted molar refractivity (Wildman–Crippen MR) is 104 cm³/mol. The number of fused-ring (bicyclic) bond motifs is 1. The van der Waals surface area contributed by atoms with Crippen LogP contribution in [0.2, 0.25) is 0 Å². The molecular formula is C18H28F3N3O6S. The van der Waals surface area contributed by atoms with Crippen molar-refractivity contribution in [2.24, 2.45) is 5.73 Å². The number of unbranched alkanes of at least 4 members (excludes halogenated alkanes) is 3. The van der Waals surface area contributed by atoms with Crippen LogP contribution in [-0.4, -0.2) is 64.8 Å². The lowest BCUT2D eigenvalue weighted by Crippen LogP contribution is -2.79. The molecule has 0 spiro atoms. The zero-order chi connectivity index (χ0) is 23.4. The van der Waals surface area contributed by atoms with Crippen molar-refractivity contribution < 1.29 is 47.5 Å². The quantitative estimate of drug-likeness (QED) is 0.276. The van der Waals surface area contributed by atoms with Gasteiger partial charge in [-0.05, 0) is 25.7 Å². The Morgan fingerprint density at radius 1 is 1.19 bits per heavy atom. The van der Waals surface area contributed by atoms with Crippen LogP contribution in [0.4, 0.5) is 13.2 Å². The molecule has 0 saturated carbocycles. The molecule has 0 aromatic heterocycles. The maximum Gasteiger partial charge on any atom is 0.440 e. The number of ether oxygens (including phenoxy) is 1. The number of hydrogen-bond donors (Lipinski definition) is 4. The molecule has 178 valence electrons. The summed E-state index contributed by atoms with van der Waals surface area (Å²) in [6.07, 6.45) is 1.02. The van der Waals surface area contributed by atoms with Crippen molar-refractivity contribution in [3.8, 4) is 0 Å². The first-order valence-electron chi connectivity index (χ1n) is 9.94. The van der Waals surface area contributed by atoms with Gasteiger partial charge in [-0.3, -0.25) is 15.3 Å². The Labute approximate surface area is 182 Å². The smallest absolute Gasteiger partial charge is 0.440 e. The normalized spacial score (nSPS) is 21.9. The van der Waals surface area contributed by atoms with E-state index in [2.05, 4.69) is 10.3 Å². The van der Waals surface area contributed by atoms with Crippen molar-refractivity contribution in [3.05, 3.63) is 0 Å². The molecule has 13 heteroatoms. The summed E-state index contributed by atoms with van der Waals surface area (Å²) in [7, 11) is 0. The minimum atomic E-state index is -5.19. The van der Waals surface area contributed by atoms with Gasteiger partial charge in [-0.25, -0.2) is 4.99 Å². The van der Waals surface area contributed by atoms with Crippen LogP contribution in [0.25, 0.3) is 0 Å². The van der Waals surface area contributed by atoms with Crippen molar-refractivity contribution in [2.45, 2.75) is 74.9 Å². The highest BCUT2D eigenvalue weighted by Gasteiger charge is 2.45. The second kappa shape index (κ2) is 13.3. The molecule has 31 heavy (non-hydrogen) atoms. The van der Waals surface area contributed by atoms with E-state index in [9.17, 15) is 22.8 Å². The fourth-order valence-electron chi connectivity index (χ4n) is 3.09. The number of carboxylic acids is 2. The fourth-order valence-corrected chi connectivity index (χ4v) is 4.59. The topological polar surface area (TPSA) is 156 Å². The van der Waals surface area contributed by atoms with Crippen molar-refractivity contribution in [1.82, 2.24) is 5.32 Å². The summed E-state index contributed by atoms with van der Waals surface area (Å²) >= 11 is 1.92. The summed E-state index contributed by atoms with van der Waals surface area (Å²) in [4.78, 5) is 34.0. The highest BCUT2D eigenvalue weighted by atomic mass is 32.2. The zero-order valence-corrected chi connectivity index (χ0v) is 17.7. The molecule has 2 rings (SSSR count). The van der Waals surface area contributed by atoms with E-state index in [0.717, 1.165) is 37.9 Å². The molecule has 5 N–H and O–H groups in total. The summed E-state index contributed by atoms with van der Waals surface area (Å²) in [5, 5.41) is 20.7. The van der Waals surface area contributed by atoms with Gasteiger partial charge in [0.1, 0.15) is 12.0 Å². The zero-order valence-electron chi connectivity index (χ0n) is 16.9. The SMILES string of the molecule is NC1=[NH+][C@H]2CS[C@@H](CCCCC(=O)NCCCCCC(=O)O)[C@H]2O1.O=C([O-])C(F)(F)F. The molecule has 1 fully saturated rings. The van der Waals surface area contributed by atoms with Gasteiger partial charge in [-0.1, -0.05) is 12.8 Å². The average molecular weight is 471 g/mol. The Hall–Kier alpha value is -2.18. The number of alkyl halides is 3. The number of carbonyl (C=O) groups excluding carboxylic acids is 2. The van der Waals surface area contributed by atoms with E-state index in [0.29, 0.717) is 36.7 Å². The summed E-state index contributed by atoms with van der Waals surface area (Å²) in [5.41, 5.74) is 5.67. The minimum absolute atomic E-state index is 0.0848. The average Bonchev–Trinajstić information content (AvgIpc) is 3.20. The molecule has 0 aromatic carbocycles. The van der Waals surface area contributed by atoms with E-state index < -0.39 is 18.1 Å². The Balaban J connectivity index is 0.000000592. The third-order valence-electron chi connectivity index (χ3n) is 4.61. The van der Waals surface area contributed by atoms with Crippen LogP contribution < -0.4 is 21.1 Å². The van der Waals surface area contributed by atoms with Crippen molar-refractivity contribution >= 4 is 35.6 Å². The van der Waals surface area contributed by atoms with E-state index in [1.807, 2.05) is 11.8 Å². The fraction of sp³-hybridized carbons (Fsp3) is 0.778. The molecule has 1 amide bonds. The van der Waals surface area contributed by atoms with Gasteiger partial charge in [0.25, 0.3) is 0 Å². The molecule has 2 aliphatic rings. The number of aliphatic carboxylic acids is 2. The van der Waals surface area contributed by atoms with Gasteiger partial charge in [-0.2, -0.15) is 13.2 Å². The van der Waals surface area contributed by atoms with Crippen molar-refractivity contribution in [3.63, 3.8) is 0 Å². The molecule has 0 radical (unpaired) electrons. The van der Waals surface area contributed by atoms with Crippen LogP contribution in [0.1, 0.15) is 51.4 Å². The van der Waals surface area contributed by atoms with Gasteiger partial charge in [0.15, 0.2) is 6.10 Å². The number of hydrogen-bond acceptors (Lipinski definition) is 7. The van der Waals surface area contributed by atoms with E-state index >= 15 is 0 Å². The van der Waals surface area contributed by atoms with Gasteiger partial charge < -0.3 is 25.1 Å². The van der Waals surface area contributed by atoms with E-state index in [4.69, 9.17) is 25.5 Å². The highest BCUT2D eigenvalue weighted by molar-refractivity contribution is 8.00. The number of halogens is 3. The van der Waals surface area contributed by atoms with Gasteiger partial charge in [0.2, 0.25) is 5.91 Å². The number of amides is 1. The number of rotatable bonds is 11. The summed E-state index contributed by atoms with van der Waals surface area (Å²) < 4.78 is 37.2. The van der Waals surface area contributed by atoms with Crippen LogP contribution in [-0.2, 0) is 19.1 Å². The van der Waals surface area contributed by atoms with Crippen LogP contribution in [0, 0.1) is 0 Å². The molecule has 3 atom stereocenters. The third-order valence-corrected chi connectivity index (χ3v) is 6.09. The van der Waals surface area contributed by atoms with Gasteiger partial charge in [0.05, 0.1) is 0 Å². The molecule has 9 nitrogen and oxygen atoms in total. The van der Waals surface area contributed by atoms with Crippen LogP contribution >= 0.6 is 11.8 Å². The summed E-state index contributed by atoms with van der Waals surface area (Å²) in [6.45, 7) is 0.634. The Bertz CT molecular complexity index is 648. The van der Waals surface area contributed by atoms with E-state index in [1.165, 1.54) is 0 Å². The number of nitrogens with one attached hydrogen (secondary N) is 2.